The number of hydrogen-bond acceptors (Lipinski definition) is 6. The number of nitrogens with one attached hydrogen (secondary N) is 1. The van der Waals surface area contributed by atoms with Crippen LogP contribution in [-0.4, -0.2) is 46.7 Å². The van der Waals surface area contributed by atoms with Crippen LogP contribution >= 0.6 is 11.8 Å². The maximum atomic E-state index is 13.8. The van der Waals surface area contributed by atoms with Gasteiger partial charge in [0, 0.05) is 17.0 Å². The van der Waals surface area contributed by atoms with E-state index in [1.54, 1.807) is 16.7 Å². The van der Waals surface area contributed by atoms with Crippen LogP contribution in [0.1, 0.15) is 68.7 Å². The van der Waals surface area contributed by atoms with Gasteiger partial charge in [-0.15, -0.1) is 11.8 Å². The molecule has 0 radical (unpaired) electrons. The molecule has 2 aliphatic heterocycles. The minimum absolute atomic E-state index is 0.0150. The lowest BCUT2D eigenvalue weighted by molar-refractivity contribution is -0.123. The average Bonchev–Trinajstić information content (AvgIpc) is 3.49. The molecule has 0 saturated heterocycles. The molecule has 8 nitrogen and oxygen atoms in total. The molecule has 2 aliphatic rings. The minimum Gasteiger partial charge on any atom is -0.454 e. The highest BCUT2D eigenvalue weighted by Gasteiger charge is 2.40. The summed E-state index contributed by atoms with van der Waals surface area (Å²) in [5, 5.41) is 8.00. The lowest BCUT2D eigenvalue weighted by Crippen LogP contribution is -2.44. The number of hydrogen-bond donors (Lipinski definition) is 1. The number of benzene rings is 2. The number of ether oxygens (including phenoxy) is 2. The quantitative estimate of drug-likeness (QED) is 0.451. The van der Waals surface area contributed by atoms with Crippen molar-refractivity contribution in [1.82, 2.24) is 15.1 Å². The van der Waals surface area contributed by atoms with E-state index >= 15 is 0 Å². The maximum Gasteiger partial charge on any atom is 0.240 e. The van der Waals surface area contributed by atoms with E-state index in [0.717, 1.165) is 34.5 Å². The molecule has 1 N–H and O–H groups in total. The molecule has 0 bridgehead atoms. The molecule has 39 heavy (non-hydrogen) atoms. The average molecular weight is 549 g/mol. The Morgan fingerprint density at radius 2 is 1.92 bits per heavy atom. The number of nitrogens with zero attached hydrogens (tertiary/aromatic N) is 3. The van der Waals surface area contributed by atoms with Gasteiger partial charge in [-0.2, -0.15) is 5.10 Å². The number of carbonyl (C=O) groups is 2. The molecule has 0 fully saturated rings. The summed E-state index contributed by atoms with van der Waals surface area (Å²) in [4.78, 5) is 28.6. The number of para-hydroxylation sites is 1. The molecular formula is C30H36N4O4S. The third-order valence-electron chi connectivity index (χ3n) is 7.16. The fraction of sp³-hybridized carbons (Fsp3) is 0.433. The molecule has 0 spiro atoms. The van der Waals surface area contributed by atoms with Crippen molar-refractivity contribution in [2.75, 3.05) is 24.0 Å². The van der Waals surface area contributed by atoms with Crippen LogP contribution in [0.25, 0.3) is 5.69 Å². The molecule has 206 valence electrons. The van der Waals surface area contributed by atoms with E-state index in [0.29, 0.717) is 17.3 Å². The molecule has 2 atom stereocenters. The molecule has 3 aromatic rings. The number of thioether (sulfide) groups is 1. The number of fused-ring (bicyclic) bond motifs is 2. The standard InChI is InChI=1S/C30H36N4O4S/c1-7-19(3)31-24(35)15-33-25(36)16-39-27(20-12-13-22-23(14-20)38-17-37-22)26-28(30(4,5)6)32-34(29(26)33)21-11-9-8-10-18(21)2/h8-14,19,27H,7,15-17H2,1-6H3,(H,31,35)/t19-,27-/m1/s1. The second-order valence-electron chi connectivity index (χ2n) is 11.2. The van der Waals surface area contributed by atoms with Crippen molar-refractivity contribution in [2.24, 2.45) is 0 Å². The number of anilines is 1. The molecule has 9 heteroatoms. The zero-order valence-corrected chi connectivity index (χ0v) is 24.2. The van der Waals surface area contributed by atoms with Crippen molar-refractivity contribution in [3.63, 3.8) is 0 Å². The van der Waals surface area contributed by atoms with Crippen molar-refractivity contribution in [2.45, 2.75) is 64.7 Å². The predicted octanol–water partition coefficient (Wildman–Crippen LogP) is 5.29. The Morgan fingerprint density at radius 3 is 2.64 bits per heavy atom. The van der Waals surface area contributed by atoms with Crippen molar-refractivity contribution in [1.29, 1.82) is 0 Å². The molecule has 3 heterocycles. The van der Waals surface area contributed by atoms with Crippen LogP contribution in [0.5, 0.6) is 11.5 Å². The first kappa shape index (κ1) is 27.1. The van der Waals surface area contributed by atoms with Gasteiger partial charge in [-0.05, 0) is 49.6 Å². The maximum absolute atomic E-state index is 13.8. The SMILES string of the molecule is CC[C@@H](C)NC(=O)CN1C(=O)CS[C@H](c2ccc3c(c2)OCO3)c2c(C(C)(C)C)nn(-c3ccccc3C)c21. The lowest BCUT2D eigenvalue weighted by atomic mass is 9.87. The van der Waals surface area contributed by atoms with Crippen LogP contribution in [0.15, 0.2) is 42.5 Å². The zero-order valence-electron chi connectivity index (χ0n) is 23.4. The van der Waals surface area contributed by atoms with E-state index in [4.69, 9.17) is 14.6 Å². The van der Waals surface area contributed by atoms with Crippen molar-refractivity contribution >= 4 is 29.4 Å². The lowest BCUT2D eigenvalue weighted by Gasteiger charge is -2.25. The van der Waals surface area contributed by atoms with Gasteiger partial charge >= 0.3 is 0 Å². The van der Waals surface area contributed by atoms with Gasteiger partial charge in [0.1, 0.15) is 12.4 Å². The Kier molecular flexibility index (Phi) is 7.37. The highest BCUT2D eigenvalue weighted by molar-refractivity contribution is 8.00. The summed E-state index contributed by atoms with van der Waals surface area (Å²) in [7, 11) is 0. The fourth-order valence-electron chi connectivity index (χ4n) is 4.95. The van der Waals surface area contributed by atoms with Gasteiger partial charge < -0.3 is 14.8 Å². The Morgan fingerprint density at radius 1 is 1.18 bits per heavy atom. The van der Waals surface area contributed by atoms with Gasteiger partial charge in [-0.3, -0.25) is 14.5 Å². The third-order valence-corrected chi connectivity index (χ3v) is 8.42. The number of amides is 2. The monoisotopic (exact) mass is 548 g/mol. The molecule has 1 aromatic heterocycles. The van der Waals surface area contributed by atoms with Gasteiger partial charge in [0.05, 0.1) is 22.4 Å². The summed E-state index contributed by atoms with van der Waals surface area (Å²) < 4.78 is 13.1. The van der Waals surface area contributed by atoms with Gasteiger partial charge in [0.2, 0.25) is 18.6 Å². The number of aryl methyl sites for hydroxylation is 1. The predicted molar refractivity (Wildman–Crippen MR) is 154 cm³/mol. The molecule has 2 amide bonds. The van der Waals surface area contributed by atoms with E-state index in [1.807, 2.05) is 67.9 Å². The molecule has 2 aromatic carbocycles. The Balaban J connectivity index is 1.75. The summed E-state index contributed by atoms with van der Waals surface area (Å²) >= 11 is 1.55. The number of aromatic nitrogens is 2. The summed E-state index contributed by atoms with van der Waals surface area (Å²) in [5.74, 6) is 1.96. The summed E-state index contributed by atoms with van der Waals surface area (Å²) in [6.07, 6.45) is 0.808. The van der Waals surface area contributed by atoms with Crippen LogP contribution in [0.3, 0.4) is 0 Å². The second kappa shape index (κ2) is 10.6. The first-order valence-electron chi connectivity index (χ1n) is 13.4. The Hall–Kier alpha value is -3.46. The third kappa shape index (κ3) is 5.24. The number of carbonyl (C=O) groups excluding carboxylic acids is 2. The van der Waals surface area contributed by atoms with Crippen LogP contribution in [0, 0.1) is 6.92 Å². The van der Waals surface area contributed by atoms with Crippen molar-refractivity contribution in [3.8, 4) is 17.2 Å². The van der Waals surface area contributed by atoms with Crippen LogP contribution in [0.4, 0.5) is 5.82 Å². The van der Waals surface area contributed by atoms with Crippen LogP contribution < -0.4 is 19.7 Å². The molecule has 0 saturated carbocycles. The first-order chi connectivity index (χ1) is 18.6. The fourth-order valence-corrected chi connectivity index (χ4v) is 6.14. The molecule has 0 unspecified atom stereocenters. The normalized spacial score (nSPS) is 17.5. The second-order valence-corrected chi connectivity index (χ2v) is 12.3. The van der Waals surface area contributed by atoms with Gasteiger partial charge in [-0.25, -0.2) is 4.68 Å². The Bertz CT molecular complexity index is 1410. The summed E-state index contributed by atoms with van der Waals surface area (Å²) in [6, 6.07) is 14.0. The zero-order chi connectivity index (χ0) is 27.9. The summed E-state index contributed by atoms with van der Waals surface area (Å²) in [6.45, 7) is 12.5. The topological polar surface area (TPSA) is 85.7 Å². The highest BCUT2D eigenvalue weighted by atomic mass is 32.2. The number of rotatable bonds is 6. The van der Waals surface area contributed by atoms with Gasteiger partial charge in [0.25, 0.3) is 0 Å². The van der Waals surface area contributed by atoms with Crippen molar-refractivity contribution < 1.29 is 19.1 Å². The van der Waals surface area contributed by atoms with E-state index in [1.165, 1.54) is 0 Å². The molecule has 0 aliphatic carbocycles. The molecule has 5 rings (SSSR count). The van der Waals surface area contributed by atoms with Gasteiger partial charge in [-0.1, -0.05) is 52.0 Å². The highest BCUT2D eigenvalue weighted by Crippen LogP contribution is 2.50. The molecular weight excluding hydrogens is 512 g/mol. The van der Waals surface area contributed by atoms with Gasteiger partial charge in [0.15, 0.2) is 11.5 Å². The van der Waals surface area contributed by atoms with Crippen molar-refractivity contribution in [3.05, 3.63) is 64.8 Å². The summed E-state index contributed by atoms with van der Waals surface area (Å²) in [5.41, 5.74) is 4.40. The van der Waals surface area contributed by atoms with E-state index < -0.39 is 0 Å². The largest absolute Gasteiger partial charge is 0.454 e. The minimum atomic E-state index is -0.328. The van der Waals surface area contributed by atoms with Crippen LogP contribution in [-0.2, 0) is 15.0 Å². The first-order valence-corrected chi connectivity index (χ1v) is 14.4. The van der Waals surface area contributed by atoms with Crippen LogP contribution in [0.2, 0.25) is 0 Å². The van der Waals surface area contributed by atoms with E-state index in [-0.39, 0.29) is 47.6 Å². The smallest absolute Gasteiger partial charge is 0.240 e. The van der Waals surface area contributed by atoms with E-state index in [2.05, 4.69) is 26.1 Å². The Labute approximate surface area is 234 Å². The van der Waals surface area contributed by atoms with E-state index in [9.17, 15) is 9.59 Å².